The Morgan fingerprint density at radius 2 is 2.06 bits per heavy atom. The lowest BCUT2D eigenvalue weighted by molar-refractivity contribution is -0.125. The topological polar surface area (TPSA) is 58.6 Å². The lowest BCUT2D eigenvalue weighted by Crippen LogP contribution is -2.49. The van der Waals surface area contributed by atoms with Crippen LogP contribution in [0.25, 0.3) is 0 Å². The molecular formula is C13H22N2O3. The van der Waals surface area contributed by atoms with Crippen LogP contribution in [0, 0.1) is 0 Å². The van der Waals surface area contributed by atoms with Gasteiger partial charge in [-0.2, -0.15) is 0 Å². The summed E-state index contributed by atoms with van der Waals surface area (Å²) in [5.41, 5.74) is 0. The van der Waals surface area contributed by atoms with E-state index in [-0.39, 0.29) is 18.0 Å². The summed E-state index contributed by atoms with van der Waals surface area (Å²) in [6.45, 7) is 2.66. The Morgan fingerprint density at radius 1 is 1.28 bits per heavy atom. The molecule has 0 aliphatic carbocycles. The summed E-state index contributed by atoms with van der Waals surface area (Å²) in [4.78, 5) is 24.9. The highest BCUT2D eigenvalue weighted by Gasteiger charge is 2.24. The molecule has 0 aromatic heterocycles. The minimum absolute atomic E-state index is 0.0376. The molecule has 5 nitrogen and oxygen atoms in total. The fraction of sp³-hybridized carbons (Fsp3) is 0.846. The first kappa shape index (κ1) is 13.5. The van der Waals surface area contributed by atoms with Crippen molar-refractivity contribution in [1.82, 2.24) is 10.2 Å². The Hall–Kier alpha value is -0.940. The van der Waals surface area contributed by atoms with Crippen LogP contribution in [0.3, 0.4) is 0 Å². The molecule has 2 fully saturated rings. The van der Waals surface area contributed by atoms with Crippen LogP contribution in [0.2, 0.25) is 0 Å². The largest absolute Gasteiger partial charge is 0.381 e. The van der Waals surface area contributed by atoms with Crippen LogP contribution in [0.5, 0.6) is 0 Å². The second kappa shape index (κ2) is 6.85. The first-order valence-electron chi connectivity index (χ1n) is 6.86. The Labute approximate surface area is 108 Å². The second-order valence-electron chi connectivity index (χ2n) is 5.12. The number of ether oxygens (including phenoxy) is 1. The molecular weight excluding hydrogens is 232 g/mol. The third-order valence-corrected chi connectivity index (χ3v) is 3.75. The van der Waals surface area contributed by atoms with Gasteiger partial charge in [-0.3, -0.25) is 9.69 Å². The number of carbonyl (C=O) groups excluding carboxylic acids is 2. The molecule has 0 bridgehead atoms. The summed E-state index contributed by atoms with van der Waals surface area (Å²) in [7, 11) is 0. The van der Waals surface area contributed by atoms with Crippen LogP contribution in [-0.2, 0) is 14.3 Å². The number of nitrogens with one attached hydrogen (secondary N) is 1. The Morgan fingerprint density at radius 3 is 2.78 bits per heavy atom. The molecule has 5 heteroatoms. The van der Waals surface area contributed by atoms with Crippen molar-refractivity contribution >= 4 is 12.2 Å². The zero-order chi connectivity index (χ0) is 12.8. The standard InChI is InChI=1S/C13H22N2O3/c16-10-12-3-1-2-6-15(12)9-13(17)14-11-4-7-18-8-5-11/h10-12H,1-9H2,(H,14,17). The molecule has 2 aliphatic rings. The van der Waals surface area contributed by atoms with Crippen molar-refractivity contribution in [2.75, 3.05) is 26.3 Å². The quantitative estimate of drug-likeness (QED) is 0.735. The summed E-state index contributed by atoms with van der Waals surface area (Å²) < 4.78 is 5.26. The van der Waals surface area contributed by atoms with Gasteiger partial charge in [0.15, 0.2) is 0 Å². The number of nitrogens with zero attached hydrogens (tertiary/aromatic N) is 1. The summed E-state index contributed by atoms with van der Waals surface area (Å²) in [5, 5.41) is 3.03. The van der Waals surface area contributed by atoms with E-state index in [1.807, 2.05) is 4.90 Å². The molecule has 18 heavy (non-hydrogen) atoms. The molecule has 0 radical (unpaired) electrons. The average Bonchev–Trinajstić information content (AvgIpc) is 2.40. The third-order valence-electron chi connectivity index (χ3n) is 3.75. The predicted molar refractivity (Wildman–Crippen MR) is 67.3 cm³/mol. The lowest BCUT2D eigenvalue weighted by Gasteiger charge is -2.32. The molecule has 0 saturated carbocycles. The van der Waals surface area contributed by atoms with E-state index in [2.05, 4.69) is 5.32 Å². The number of hydrogen-bond donors (Lipinski definition) is 1. The minimum atomic E-state index is -0.0702. The second-order valence-corrected chi connectivity index (χ2v) is 5.12. The van der Waals surface area contributed by atoms with Crippen LogP contribution in [0.4, 0.5) is 0 Å². The molecule has 1 amide bonds. The number of aldehydes is 1. The molecule has 0 spiro atoms. The SMILES string of the molecule is O=CC1CCCCN1CC(=O)NC1CCOCC1. The van der Waals surface area contributed by atoms with Gasteiger partial charge in [0.1, 0.15) is 6.29 Å². The molecule has 102 valence electrons. The van der Waals surface area contributed by atoms with Crippen LogP contribution in [0.1, 0.15) is 32.1 Å². The van der Waals surface area contributed by atoms with E-state index >= 15 is 0 Å². The number of hydrogen-bond acceptors (Lipinski definition) is 4. The van der Waals surface area contributed by atoms with E-state index in [1.54, 1.807) is 0 Å². The molecule has 0 aromatic rings. The van der Waals surface area contributed by atoms with E-state index in [4.69, 9.17) is 4.74 Å². The number of rotatable bonds is 4. The number of likely N-dealkylation sites (tertiary alicyclic amines) is 1. The molecule has 0 aromatic carbocycles. The lowest BCUT2D eigenvalue weighted by atomic mass is 10.0. The third kappa shape index (κ3) is 3.78. The van der Waals surface area contributed by atoms with Crippen LogP contribution >= 0.6 is 0 Å². The summed E-state index contributed by atoms with van der Waals surface area (Å²) in [6.07, 6.45) is 5.80. The van der Waals surface area contributed by atoms with E-state index in [9.17, 15) is 9.59 Å². The van der Waals surface area contributed by atoms with E-state index in [0.717, 1.165) is 58.1 Å². The van der Waals surface area contributed by atoms with Gasteiger partial charge in [0.2, 0.25) is 5.91 Å². The summed E-state index contributed by atoms with van der Waals surface area (Å²) in [6, 6.07) is 0.171. The average molecular weight is 254 g/mol. The minimum Gasteiger partial charge on any atom is -0.381 e. The smallest absolute Gasteiger partial charge is 0.234 e. The van der Waals surface area contributed by atoms with Gasteiger partial charge in [-0.25, -0.2) is 0 Å². The molecule has 2 aliphatic heterocycles. The van der Waals surface area contributed by atoms with Gasteiger partial charge in [0.05, 0.1) is 12.6 Å². The van der Waals surface area contributed by atoms with E-state index < -0.39 is 0 Å². The molecule has 1 atom stereocenters. The summed E-state index contributed by atoms with van der Waals surface area (Å²) >= 11 is 0. The fourth-order valence-electron chi connectivity index (χ4n) is 2.67. The fourth-order valence-corrected chi connectivity index (χ4v) is 2.67. The van der Waals surface area contributed by atoms with Crippen molar-refractivity contribution in [3.05, 3.63) is 0 Å². The highest BCUT2D eigenvalue weighted by atomic mass is 16.5. The van der Waals surface area contributed by atoms with Crippen molar-refractivity contribution < 1.29 is 14.3 Å². The number of amides is 1. The van der Waals surface area contributed by atoms with E-state index in [0.29, 0.717) is 6.54 Å². The maximum Gasteiger partial charge on any atom is 0.234 e. The highest BCUT2D eigenvalue weighted by molar-refractivity contribution is 5.79. The zero-order valence-electron chi connectivity index (χ0n) is 10.8. The maximum atomic E-state index is 11.9. The van der Waals surface area contributed by atoms with E-state index in [1.165, 1.54) is 0 Å². The van der Waals surface area contributed by atoms with Crippen molar-refractivity contribution in [1.29, 1.82) is 0 Å². The Balaban J connectivity index is 1.76. The van der Waals surface area contributed by atoms with Crippen LogP contribution in [0.15, 0.2) is 0 Å². The van der Waals surface area contributed by atoms with Crippen molar-refractivity contribution in [2.24, 2.45) is 0 Å². The zero-order valence-corrected chi connectivity index (χ0v) is 10.8. The van der Waals surface area contributed by atoms with Gasteiger partial charge < -0.3 is 14.8 Å². The van der Waals surface area contributed by atoms with Crippen LogP contribution in [-0.4, -0.2) is 55.5 Å². The Bertz CT molecular complexity index is 290. The normalized spacial score (nSPS) is 26.8. The van der Waals surface area contributed by atoms with Gasteiger partial charge >= 0.3 is 0 Å². The highest BCUT2D eigenvalue weighted by Crippen LogP contribution is 2.15. The Kier molecular flexibility index (Phi) is 5.13. The van der Waals surface area contributed by atoms with Gasteiger partial charge in [-0.1, -0.05) is 6.42 Å². The van der Waals surface area contributed by atoms with Crippen LogP contribution < -0.4 is 5.32 Å². The number of piperidine rings is 1. The first-order valence-corrected chi connectivity index (χ1v) is 6.86. The molecule has 2 saturated heterocycles. The van der Waals surface area contributed by atoms with Gasteiger partial charge in [0, 0.05) is 19.3 Å². The molecule has 2 heterocycles. The summed E-state index contributed by atoms with van der Waals surface area (Å²) in [5.74, 6) is 0.0376. The van der Waals surface area contributed by atoms with Crippen molar-refractivity contribution in [3.63, 3.8) is 0 Å². The molecule has 2 rings (SSSR count). The first-order chi connectivity index (χ1) is 8.79. The monoisotopic (exact) mass is 254 g/mol. The van der Waals surface area contributed by atoms with Crippen molar-refractivity contribution in [3.8, 4) is 0 Å². The number of carbonyl (C=O) groups is 2. The van der Waals surface area contributed by atoms with Gasteiger partial charge in [-0.05, 0) is 32.2 Å². The molecule has 1 unspecified atom stereocenters. The maximum absolute atomic E-state index is 11.9. The molecule has 1 N–H and O–H groups in total. The van der Waals surface area contributed by atoms with Gasteiger partial charge in [-0.15, -0.1) is 0 Å². The van der Waals surface area contributed by atoms with Crippen molar-refractivity contribution in [2.45, 2.75) is 44.2 Å². The predicted octanol–water partition coefficient (Wildman–Crippen LogP) is 0.335. The van der Waals surface area contributed by atoms with Gasteiger partial charge in [0.25, 0.3) is 0 Å².